The number of hydrogen-bond acceptors (Lipinski definition) is 4. The zero-order chi connectivity index (χ0) is 27.4. The topological polar surface area (TPSA) is 83.8 Å². The molecule has 0 aliphatic rings. The van der Waals surface area contributed by atoms with Crippen LogP contribution in [0.25, 0.3) is 5.69 Å². The number of rotatable bonds is 8. The number of benzene rings is 3. The number of aryl methyl sites for hydroxylation is 3. The third kappa shape index (κ3) is 5.66. The molecule has 0 saturated carbocycles. The Morgan fingerprint density at radius 3 is 2.34 bits per heavy atom. The Hall–Kier alpha value is -3.88. The van der Waals surface area contributed by atoms with Gasteiger partial charge >= 0.3 is 0 Å². The molecule has 7 nitrogen and oxygen atoms in total. The zero-order valence-corrected chi connectivity index (χ0v) is 23.2. The van der Waals surface area contributed by atoms with Crippen molar-refractivity contribution in [3.63, 3.8) is 0 Å². The highest BCUT2D eigenvalue weighted by Crippen LogP contribution is 2.29. The number of nitrogens with zero attached hydrogens (tertiary/aromatic N) is 3. The molecule has 0 bridgehead atoms. The average molecular weight is 549 g/mol. The molecule has 1 N–H and O–H groups in total. The second-order valence-electron chi connectivity index (χ2n) is 9.00. The lowest BCUT2D eigenvalue weighted by Crippen LogP contribution is -2.40. The summed E-state index contributed by atoms with van der Waals surface area (Å²) in [4.78, 5) is 13.0. The number of nitrogens with one attached hydrogen (secondary N) is 1. The summed E-state index contributed by atoms with van der Waals surface area (Å²) in [6, 6.07) is 23.0. The molecule has 3 aromatic carbocycles. The van der Waals surface area contributed by atoms with E-state index in [4.69, 9.17) is 11.6 Å². The van der Waals surface area contributed by atoms with Crippen LogP contribution in [-0.2, 0) is 14.8 Å². The normalized spacial score (nSPS) is 11.6. The highest BCUT2D eigenvalue weighted by Gasteiger charge is 2.28. The van der Waals surface area contributed by atoms with Gasteiger partial charge in [0.25, 0.3) is 15.9 Å². The molecule has 0 saturated heterocycles. The van der Waals surface area contributed by atoms with Crippen molar-refractivity contribution in [2.24, 2.45) is 5.10 Å². The minimum Gasteiger partial charge on any atom is -0.318 e. The quantitative estimate of drug-likeness (QED) is 0.226. The van der Waals surface area contributed by atoms with Gasteiger partial charge in [0.2, 0.25) is 0 Å². The number of anilines is 1. The molecule has 9 heteroatoms. The summed E-state index contributed by atoms with van der Waals surface area (Å²) >= 11 is 6.18. The minimum atomic E-state index is -4.05. The summed E-state index contributed by atoms with van der Waals surface area (Å²) in [6.07, 6.45) is 1.57. The summed E-state index contributed by atoms with van der Waals surface area (Å²) in [7, 11) is -4.05. The first kappa shape index (κ1) is 27.2. The molecular formula is C29H29ClN4O3S. The van der Waals surface area contributed by atoms with Crippen molar-refractivity contribution in [2.75, 3.05) is 10.8 Å². The van der Waals surface area contributed by atoms with E-state index in [9.17, 15) is 13.2 Å². The lowest BCUT2D eigenvalue weighted by atomic mass is 10.2. The Bertz CT molecular complexity index is 1610. The van der Waals surface area contributed by atoms with Crippen LogP contribution >= 0.6 is 11.6 Å². The monoisotopic (exact) mass is 548 g/mol. The van der Waals surface area contributed by atoms with Crippen LogP contribution in [0.5, 0.6) is 0 Å². The predicted molar refractivity (Wildman–Crippen MR) is 153 cm³/mol. The lowest BCUT2D eigenvalue weighted by molar-refractivity contribution is -0.119. The first-order valence-corrected chi connectivity index (χ1v) is 13.8. The van der Waals surface area contributed by atoms with Crippen LogP contribution in [0.3, 0.4) is 0 Å². The van der Waals surface area contributed by atoms with Gasteiger partial charge in [-0.3, -0.25) is 9.10 Å². The molecule has 0 atom stereocenters. The maximum Gasteiger partial charge on any atom is 0.264 e. The van der Waals surface area contributed by atoms with Crippen LogP contribution in [0.4, 0.5) is 5.69 Å². The molecule has 196 valence electrons. The van der Waals surface area contributed by atoms with E-state index in [1.54, 1.807) is 43.5 Å². The van der Waals surface area contributed by atoms with Gasteiger partial charge in [0.15, 0.2) is 0 Å². The number of halogens is 1. The van der Waals surface area contributed by atoms with Crippen molar-refractivity contribution < 1.29 is 13.2 Å². The van der Waals surface area contributed by atoms with Crippen LogP contribution < -0.4 is 9.73 Å². The van der Waals surface area contributed by atoms with E-state index in [0.29, 0.717) is 16.3 Å². The molecular weight excluding hydrogens is 520 g/mol. The molecule has 4 aromatic rings. The fourth-order valence-electron chi connectivity index (χ4n) is 4.31. The molecule has 1 amide bonds. The summed E-state index contributed by atoms with van der Waals surface area (Å²) in [6.45, 7) is 7.34. The second-order valence-corrected chi connectivity index (χ2v) is 11.3. The Morgan fingerprint density at radius 2 is 1.63 bits per heavy atom. The van der Waals surface area contributed by atoms with Crippen molar-refractivity contribution in [2.45, 2.75) is 32.6 Å². The maximum absolute atomic E-state index is 13.5. The van der Waals surface area contributed by atoms with E-state index in [1.165, 1.54) is 18.2 Å². The van der Waals surface area contributed by atoms with Crippen molar-refractivity contribution in [1.82, 2.24) is 9.99 Å². The molecule has 0 unspecified atom stereocenters. The van der Waals surface area contributed by atoms with E-state index in [-0.39, 0.29) is 4.90 Å². The maximum atomic E-state index is 13.5. The van der Waals surface area contributed by atoms with Gasteiger partial charge in [-0.25, -0.2) is 13.8 Å². The van der Waals surface area contributed by atoms with Gasteiger partial charge in [-0.15, -0.1) is 0 Å². The summed E-state index contributed by atoms with van der Waals surface area (Å²) in [5.41, 5.74) is 8.51. The van der Waals surface area contributed by atoms with E-state index in [1.807, 2.05) is 32.0 Å². The van der Waals surface area contributed by atoms with Gasteiger partial charge in [0.1, 0.15) is 6.54 Å². The first-order chi connectivity index (χ1) is 18.1. The Morgan fingerprint density at radius 1 is 0.947 bits per heavy atom. The number of hydrazone groups is 1. The van der Waals surface area contributed by atoms with E-state index >= 15 is 0 Å². The third-order valence-corrected chi connectivity index (χ3v) is 8.29. The zero-order valence-electron chi connectivity index (χ0n) is 21.6. The second kappa shape index (κ2) is 11.2. The molecule has 4 rings (SSSR count). The van der Waals surface area contributed by atoms with E-state index in [0.717, 1.165) is 32.5 Å². The summed E-state index contributed by atoms with van der Waals surface area (Å²) in [5.74, 6) is -0.590. The van der Waals surface area contributed by atoms with Gasteiger partial charge < -0.3 is 4.57 Å². The molecule has 0 fully saturated rings. The Balaban J connectivity index is 1.58. The van der Waals surface area contributed by atoms with Gasteiger partial charge in [-0.05, 0) is 75.2 Å². The number of aromatic nitrogens is 1. The predicted octanol–water partition coefficient (Wildman–Crippen LogP) is 5.71. The Labute approximate surface area is 228 Å². The van der Waals surface area contributed by atoms with Crippen LogP contribution in [0, 0.1) is 27.7 Å². The van der Waals surface area contributed by atoms with Gasteiger partial charge in [0, 0.05) is 27.7 Å². The third-order valence-electron chi connectivity index (χ3n) is 6.28. The van der Waals surface area contributed by atoms with Gasteiger partial charge in [-0.2, -0.15) is 5.10 Å². The molecule has 0 aliphatic carbocycles. The number of carbonyl (C=O) groups is 1. The standard InChI is InChI=1S/C29H29ClN4O3S/c1-20-10-8-9-13-27(20)34-22(3)16-24(23(34)4)18-31-32-29(35)19-33(28-17-25(30)15-14-21(28)2)38(36,37)26-11-6-5-7-12-26/h5-18H,19H2,1-4H3,(H,32,35)/b31-18-. The number of sulfonamides is 1. The molecule has 1 aromatic heterocycles. The van der Waals surface area contributed by atoms with Crippen molar-refractivity contribution >= 4 is 39.4 Å². The highest BCUT2D eigenvalue weighted by atomic mass is 35.5. The number of carbonyl (C=O) groups excluding carboxylic acids is 1. The number of amides is 1. The van der Waals surface area contributed by atoms with Crippen molar-refractivity contribution in [1.29, 1.82) is 0 Å². The lowest BCUT2D eigenvalue weighted by Gasteiger charge is -2.25. The fraction of sp³-hybridized carbons (Fsp3) is 0.172. The van der Waals surface area contributed by atoms with Crippen LogP contribution in [0.15, 0.2) is 88.9 Å². The van der Waals surface area contributed by atoms with Crippen molar-refractivity contribution in [3.8, 4) is 5.69 Å². The summed E-state index contributed by atoms with van der Waals surface area (Å²) in [5, 5.41) is 4.49. The van der Waals surface area contributed by atoms with Gasteiger partial charge in [-0.1, -0.05) is 54.1 Å². The summed E-state index contributed by atoms with van der Waals surface area (Å²) < 4.78 is 30.3. The van der Waals surface area contributed by atoms with Crippen molar-refractivity contribution in [3.05, 3.63) is 112 Å². The van der Waals surface area contributed by atoms with Crippen LogP contribution in [0.2, 0.25) is 5.02 Å². The minimum absolute atomic E-state index is 0.0688. The molecule has 0 aliphatic heterocycles. The Kier molecular flexibility index (Phi) is 8.04. The first-order valence-electron chi connectivity index (χ1n) is 12.0. The van der Waals surface area contributed by atoms with E-state index in [2.05, 4.69) is 34.2 Å². The molecule has 38 heavy (non-hydrogen) atoms. The SMILES string of the molecule is Cc1ccc(Cl)cc1N(CC(=O)N/N=C\c1cc(C)n(-c2ccccc2C)c1C)S(=O)(=O)c1ccccc1. The number of para-hydroxylation sites is 1. The van der Waals surface area contributed by atoms with E-state index < -0.39 is 22.5 Å². The van der Waals surface area contributed by atoms with Crippen LogP contribution in [0.1, 0.15) is 28.1 Å². The highest BCUT2D eigenvalue weighted by molar-refractivity contribution is 7.92. The smallest absolute Gasteiger partial charge is 0.264 e. The molecule has 0 spiro atoms. The fourth-order valence-corrected chi connectivity index (χ4v) is 5.98. The average Bonchev–Trinajstić information content (AvgIpc) is 3.17. The number of hydrogen-bond donors (Lipinski definition) is 1. The molecule has 1 heterocycles. The van der Waals surface area contributed by atoms with Gasteiger partial charge in [0.05, 0.1) is 16.8 Å². The van der Waals surface area contributed by atoms with Crippen LogP contribution in [-0.4, -0.2) is 31.7 Å². The molecule has 0 radical (unpaired) electrons. The largest absolute Gasteiger partial charge is 0.318 e.